The molecule has 0 atom stereocenters. The molecule has 0 unspecified atom stereocenters. The molecule has 0 aliphatic heterocycles. The molecule has 0 saturated carbocycles. The molecule has 0 aliphatic rings. The number of hydrogen-bond donors (Lipinski definition) is 0. The molecule has 5 nitrogen and oxygen atoms in total. The Hall–Kier alpha value is -6.45. The van der Waals surface area contributed by atoms with E-state index in [4.69, 9.17) is 0 Å². The second-order valence-corrected chi connectivity index (χ2v) is 14.9. The smallest absolute Gasteiger partial charge is 0.176 e. The van der Waals surface area contributed by atoms with Gasteiger partial charge in [0, 0.05) is 92.0 Å². The van der Waals surface area contributed by atoms with Gasteiger partial charge in [-0.15, -0.1) is 57.1 Å². The molecule has 5 rings (SSSR count). The Labute approximate surface area is 368 Å². The summed E-state index contributed by atoms with van der Waals surface area (Å²) in [7, 11) is 0. The number of anilines is 7. The van der Waals surface area contributed by atoms with E-state index in [1.54, 1.807) is 0 Å². The maximum Gasteiger partial charge on any atom is 0.176 e. The summed E-state index contributed by atoms with van der Waals surface area (Å²) in [5.74, 6) is 0. The molecule has 6 heteroatoms. The second-order valence-electron chi connectivity index (χ2n) is 14.3. The molecular weight excluding hydrogens is 746 g/mol. The third-order valence-corrected chi connectivity index (χ3v) is 10.7. The highest BCUT2D eigenvalue weighted by Crippen LogP contribution is 2.46. The fourth-order valence-corrected chi connectivity index (χ4v) is 7.92. The van der Waals surface area contributed by atoms with Crippen LogP contribution in [-0.4, -0.2) is 68.6 Å². The van der Waals surface area contributed by atoms with Crippen LogP contribution in [0.3, 0.4) is 0 Å². The minimum Gasteiger partial charge on any atom is -0.364 e. The summed E-state index contributed by atoms with van der Waals surface area (Å²) in [6.07, 6.45) is 15.4. The monoisotopic (exact) mass is 803 g/mol. The SMILES string of the molecule is C=CCN(CC=C)c1ccc(-c2[c]([Al])ccc(N(c3ccc(N(CC=C)CC=C)cc3)c3ccc(N(CC=C)CC=C)cc3)c2-c2ccc(N(CC=C)CC=C)cc2)cc1. The third kappa shape index (κ3) is 10.8. The Bertz CT molecular complexity index is 2130. The highest BCUT2D eigenvalue weighted by molar-refractivity contribution is 6.37. The Morgan fingerprint density at radius 3 is 0.850 bits per heavy atom. The number of rotatable bonds is 25. The molecule has 302 valence electrons. The first-order chi connectivity index (χ1) is 29.3. The lowest BCUT2D eigenvalue weighted by atomic mass is 9.91. The molecule has 0 amide bonds. The van der Waals surface area contributed by atoms with Gasteiger partial charge in [0.15, 0.2) is 16.3 Å². The first-order valence-electron chi connectivity index (χ1n) is 20.4. The van der Waals surface area contributed by atoms with Crippen molar-refractivity contribution < 1.29 is 0 Å². The van der Waals surface area contributed by atoms with E-state index in [-0.39, 0.29) is 0 Å². The van der Waals surface area contributed by atoms with Crippen molar-refractivity contribution in [2.24, 2.45) is 0 Å². The van der Waals surface area contributed by atoms with Crippen molar-refractivity contribution >= 4 is 60.5 Å². The van der Waals surface area contributed by atoms with E-state index in [9.17, 15) is 0 Å². The summed E-state index contributed by atoms with van der Waals surface area (Å²) >= 11 is 3.02. The topological polar surface area (TPSA) is 16.2 Å². The molecule has 0 N–H and O–H groups in total. The number of hydrogen-bond acceptors (Lipinski definition) is 5. The maximum absolute atomic E-state index is 4.00. The van der Waals surface area contributed by atoms with Crippen LogP contribution in [0.5, 0.6) is 0 Å². The summed E-state index contributed by atoms with van der Waals surface area (Å²) in [5.41, 5.74) is 12.0. The van der Waals surface area contributed by atoms with Crippen molar-refractivity contribution in [1.29, 1.82) is 0 Å². The zero-order chi connectivity index (χ0) is 42.9. The van der Waals surface area contributed by atoms with Gasteiger partial charge < -0.3 is 24.5 Å². The van der Waals surface area contributed by atoms with Gasteiger partial charge in [-0.25, -0.2) is 0 Å². The molecule has 0 fully saturated rings. The van der Waals surface area contributed by atoms with Crippen LogP contribution in [0.4, 0.5) is 39.8 Å². The van der Waals surface area contributed by atoms with Crippen LogP contribution in [0.25, 0.3) is 22.3 Å². The first kappa shape index (κ1) is 44.7. The van der Waals surface area contributed by atoms with E-state index in [0.29, 0.717) is 0 Å². The summed E-state index contributed by atoms with van der Waals surface area (Å²) in [5, 5.41) is 0. The van der Waals surface area contributed by atoms with E-state index in [2.05, 4.69) is 203 Å². The number of nitrogens with zero attached hydrogens (tertiary/aromatic N) is 5. The van der Waals surface area contributed by atoms with Gasteiger partial charge in [-0.05, 0) is 95.6 Å². The van der Waals surface area contributed by atoms with Crippen molar-refractivity contribution in [2.75, 3.05) is 76.9 Å². The quantitative estimate of drug-likeness (QED) is 0.0430. The van der Waals surface area contributed by atoms with E-state index < -0.39 is 0 Å². The molecule has 0 aromatic heterocycles. The van der Waals surface area contributed by atoms with Gasteiger partial charge in [-0.3, -0.25) is 0 Å². The van der Waals surface area contributed by atoms with Crippen LogP contribution in [0.1, 0.15) is 0 Å². The van der Waals surface area contributed by atoms with E-state index >= 15 is 0 Å². The zero-order valence-corrected chi connectivity index (χ0v) is 36.3. The van der Waals surface area contributed by atoms with Gasteiger partial charge in [-0.1, -0.05) is 78.9 Å². The summed E-state index contributed by atoms with van der Waals surface area (Å²) in [6.45, 7) is 37.7. The molecule has 0 spiro atoms. The molecule has 5 aromatic carbocycles. The van der Waals surface area contributed by atoms with Crippen LogP contribution >= 0.6 is 0 Å². The molecule has 60 heavy (non-hydrogen) atoms. The Morgan fingerprint density at radius 2 is 0.567 bits per heavy atom. The standard InChI is InChI=1S/C54H58N5.Al/c1-9-36-55(37-10-2)46-24-20-44(21-25-46)52-18-17-19-53(54(52)45-22-26-47(27-23-45)56(38-11-3)39-12-4)59(50-32-28-48(29-33-50)57(40-13-5)41-14-6)51-34-30-49(31-35-51)58(42-15-7)43-16-8;/h9-17,19-35H,1-8,36-43H2;. The Kier molecular flexibility index (Phi) is 16.8. The third-order valence-electron chi connectivity index (χ3n) is 10.2. The lowest BCUT2D eigenvalue weighted by Crippen LogP contribution is -2.23. The van der Waals surface area contributed by atoms with Gasteiger partial charge in [0.2, 0.25) is 0 Å². The predicted molar refractivity (Wildman–Crippen MR) is 268 cm³/mol. The van der Waals surface area contributed by atoms with Crippen molar-refractivity contribution in [2.45, 2.75) is 0 Å². The lowest BCUT2D eigenvalue weighted by Gasteiger charge is -2.32. The van der Waals surface area contributed by atoms with E-state index in [0.717, 1.165) is 119 Å². The van der Waals surface area contributed by atoms with Crippen LogP contribution in [0.15, 0.2) is 210 Å². The minimum atomic E-state index is 0.719. The first-order valence-corrected chi connectivity index (χ1v) is 20.9. The van der Waals surface area contributed by atoms with Gasteiger partial charge in [0.1, 0.15) is 0 Å². The molecule has 0 bridgehead atoms. The fourth-order valence-electron chi connectivity index (χ4n) is 7.52. The lowest BCUT2D eigenvalue weighted by molar-refractivity contribution is 0.956. The fraction of sp³-hybridized carbons (Fsp3) is 0.148. The Morgan fingerprint density at radius 1 is 0.317 bits per heavy atom. The van der Waals surface area contributed by atoms with Crippen LogP contribution in [-0.2, 0) is 0 Å². The molecular formula is C54H58AlN5. The molecule has 0 aliphatic carbocycles. The van der Waals surface area contributed by atoms with Gasteiger partial charge >= 0.3 is 0 Å². The van der Waals surface area contributed by atoms with Gasteiger partial charge in [0.05, 0.1) is 5.69 Å². The Balaban J connectivity index is 1.79. The van der Waals surface area contributed by atoms with Gasteiger partial charge in [0.25, 0.3) is 0 Å². The van der Waals surface area contributed by atoms with Crippen molar-refractivity contribution in [3.8, 4) is 22.3 Å². The van der Waals surface area contributed by atoms with E-state index in [1.807, 2.05) is 48.6 Å². The highest BCUT2D eigenvalue weighted by atomic mass is 27.0. The maximum atomic E-state index is 4.00. The summed E-state index contributed by atoms with van der Waals surface area (Å²) in [4.78, 5) is 11.4. The molecule has 2 radical (unpaired) electrons. The van der Waals surface area contributed by atoms with Crippen LogP contribution in [0.2, 0.25) is 0 Å². The van der Waals surface area contributed by atoms with Crippen LogP contribution < -0.4 is 28.9 Å². The highest BCUT2D eigenvalue weighted by Gasteiger charge is 2.23. The van der Waals surface area contributed by atoms with Crippen LogP contribution in [0, 0.1) is 0 Å². The average molecular weight is 804 g/mol. The summed E-state index contributed by atoms with van der Waals surface area (Å²) in [6, 6.07) is 39.7. The van der Waals surface area contributed by atoms with Crippen molar-refractivity contribution in [1.82, 2.24) is 0 Å². The zero-order valence-electron chi connectivity index (χ0n) is 35.1. The van der Waals surface area contributed by atoms with Crippen molar-refractivity contribution in [3.05, 3.63) is 210 Å². The molecule has 0 heterocycles. The molecule has 5 aromatic rings. The van der Waals surface area contributed by atoms with Gasteiger partial charge in [-0.2, -0.15) is 0 Å². The summed E-state index contributed by atoms with van der Waals surface area (Å²) < 4.78 is 1.10. The number of benzene rings is 5. The second kappa shape index (κ2) is 22.6. The van der Waals surface area contributed by atoms with E-state index in [1.165, 1.54) is 0 Å². The minimum absolute atomic E-state index is 0.719. The normalized spacial score (nSPS) is 10.5. The average Bonchev–Trinajstić information content (AvgIpc) is 3.27. The predicted octanol–water partition coefficient (Wildman–Crippen LogP) is 12.0. The largest absolute Gasteiger partial charge is 0.364 e. The van der Waals surface area contributed by atoms with Crippen molar-refractivity contribution in [3.63, 3.8) is 0 Å². The molecule has 0 saturated heterocycles.